The summed E-state index contributed by atoms with van der Waals surface area (Å²) < 4.78 is 5.45. The van der Waals surface area contributed by atoms with Gasteiger partial charge in [-0.3, -0.25) is 14.4 Å². The van der Waals surface area contributed by atoms with Crippen molar-refractivity contribution in [1.29, 1.82) is 0 Å². The molecule has 2 aliphatic rings. The largest absolute Gasteiger partial charge is 0.493 e. The second kappa shape index (κ2) is 8.77. The number of nitrogens with one attached hydrogen (secondary N) is 2. The van der Waals surface area contributed by atoms with Gasteiger partial charge < -0.3 is 25.4 Å². The summed E-state index contributed by atoms with van der Waals surface area (Å²) >= 11 is 0. The van der Waals surface area contributed by atoms with Crippen molar-refractivity contribution in [3.8, 4) is 5.75 Å². The summed E-state index contributed by atoms with van der Waals surface area (Å²) in [5.74, 6) is -0.816. The lowest BCUT2D eigenvalue weighted by atomic mass is 10.0. The second-order valence-corrected chi connectivity index (χ2v) is 7.80. The molecule has 0 bridgehead atoms. The molecular formula is C23H25N3O5. The Kier molecular flexibility index (Phi) is 5.90. The summed E-state index contributed by atoms with van der Waals surface area (Å²) in [5, 5.41) is 15.4. The van der Waals surface area contributed by atoms with Crippen molar-refractivity contribution in [3.63, 3.8) is 0 Å². The molecule has 4 rings (SSSR count). The maximum absolute atomic E-state index is 12.3. The average molecular weight is 423 g/mol. The molecule has 2 aliphatic heterocycles. The highest BCUT2D eigenvalue weighted by molar-refractivity contribution is 6.39. The first kappa shape index (κ1) is 20.9. The van der Waals surface area contributed by atoms with E-state index in [1.165, 1.54) is 0 Å². The molecule has 0 unspecified atom stereocenters. The Morgan fingerprint density at radius 1 is 1.16 bits per heavy atom. The number of aryl methyl sites for hydroxylation is 1. The quantitative estimate of drug-likeness (QED) is 0.636. The van der Waals surface area contributed by atoms with Crippen LogP contribution in [0.15, 0.2) is 36.4 Å². The number of nitrogens with zero attached hydrogens (tertiary/aromatic N) is 1. The molecule has 0 spiro atoms. The number of anilines is 2. The zero-order valence-corrected chi connectivity index (χ0v) is 17.3. The molecule has 2 aromatic carbocycles. The van der Waals surface area contributed by atoms with Gasteiger partial charge in [0.15, 0.2) is 0 Å². The van der Waals surface area contributed by atoms with Crippen LogP contribution in [0.5, 0.6) is 5.75 Å². The Morgan fingerprint density at radius 3 is 2.77 bits per heavy atom. The number of amides is 3. The van der Waals surface area contributed by atoms with Crippen LogP contribution in [0.1, 0.15) is 35.6 Å². The van der Waals surface area contributed by atoms with E-state index in [0.717, 1.165) is 35.4 Å². The molecule has 162 valence electrons. The van der Waals surface area contributed by atoms with E-state index in [4.69, 9.17) is 4.74 Å². The fourth-order valence-corrected chi connectivity index (χ4v) is 3.87. The van der Waals surface area contributed by atoms with Crippen molar-refractivity contribution in [2.75, 3.05) is 29.9 Å². The highest BCUT2D eigenvalue weighted by Gasteiger charge is 2.24. The molecule has 0 aliphatic carbocycles. The van der Waals surface area contributed by atoms with Gasteiger partial charge >= 0.3 is 11.8 Å². The van der Waals surface area contributed by atoms with Crippen molar-refractivity contribution in [2.45, 2.75) is 32.3 Å². The minimum absolute atomic E-state index is 0.0522. The minimum Gasteiger partial charge on any atom is -0.493 e. The first-order chi connectivity index (χ1) is 14.9. The van der Waals surface area contributed by atoms with E-state index in [2.05, 4.69) is 10.6 Å². The molecule has 3 amide bonds. The molecule has 1 fully saturated rings. The van der Waals surface area contributed by atoms with E-state index >= 15 is 0 Å². The number of carbonyl (C=O) groups excluding carboxylic acids is 3. The zero-order valence-electron chi connectivity index (χ0n) is 17.3. The number of ether oxygens (including phenoxy) is 1. The lowest BCUT2D eigenvalue weighted by Gasteiger charge is -2.19. The standard InChI is InChI=1S/C23H25N3O5/c1-14-4-6-17(12-18(14)26-9-2-3-21(26)28)25-23(30)22(29)24-13-19(27)15-5-7-20-16(11-15)8-10-31-20/h4-7,11-12,19,27H,2-3,8-10,13H2,1H3,(H,24,29)(H,25,30)/t19-/m0/s1. The summed E-state index contributed by atoms with van der Waals surface area (Å²) in [4.78, 5) is 38.2. The molecule has 8 heteroatoms. The van der Waals surface area contributed by atoms with Crippen LogP contribution in [-0.4, -0.2) is 42.5 Å². The molecule has 8 nitrogen and oxygen atoms in total. The first-order valence-electron chi connectivity index (χ1n) is 10.4. The number of aliphatic hydroxyl groups is 1. The Labute approximate surface area is 180 Å². The molecule has 2 heterocycles. The highest BCUT2D eigenvalue weighted by atomic mass is 16.5. The van der Waals surface area contributed by atoms with E-state index in [1.54, 1.807) is 35.2 Å². The highest BCUT2D eigenvalue weighted by Crippen LogP contribution is 2.29. The van der Waals surface area contributed by atoms with Gasteiger partial charge in [0.2, 0.25) is 5.91 Å². The number of fused-ring (bicyclic) bond motifs is 1. The third-order valence-corrected chi connectivity index (χ3v) is 5.59. The molecule has 3 N–H and O–H groups in total. The Bertz CT molecular complexity index is 1040. The Hall–Kier alpha value is -3.39. The fourth-order valence-electron chi connectivity index (χ4n) is 3.87. The SMILES string of the molecule is Cc1ccc(NC(=O)C(=O)NC[C@H](O)c2ccc3c(c2)CCO3)cc1N1CCCC1=O. The summed E-state index contributed by atoms with van der Waals surface area (Å²) in [6.45, 7) is 3.07. The predicted molar refractivity (Wildman–Crippen MR) is 115 cm³/mol. The molecule has 0 aromatic heterocycles. The van der Waals surface area contributed by atoms with Crippen LogP contribution in [0.4, 0.5) is 11.4 Å². The van der Waals surface area contributed by atoms with Gasteiger partial charge in [-0.1, -0.05) is 12.1 Å². The van der Waals surface area contributed by atoms with Crippen molar-refractivity contribution in [2.24, 2.45) is 0 Å². The average Bonchev–Trinajstić information content (AvgIpc) is 3.41. The summed E-state index contributed by atoms with van der Waals surface area (Å²) in [6.07, 6.45) is 1.16. The number of hydrogen-bond donors (Lipinski definition) is 3. The maximum Gasteiger partial charge on any atom is 0.313 e. The van der Waals surface area contributed by atoms with Gasteiger partial charge in [0.1, 0.15) is 5.75 Å². The second-order valence-electron chi connectivity index (χ2n) is 7.80. The van der Waals surface area contributed by atoms with Crippen LogP contribution in [0, 0.1) is 6.92 Å². The van der Waals surface area contributed by atoms with Crippen LogP contribution in [0.3, 0.4) is 0 Å². The zero-order chi connectivity index (χ0) is 22.0. The van der Waals surface area contributed by atoms with E-state index < -0.39 is 17.9 Å². The first-order valence-corrected chi connectivity index (χ1v) is 10.4. The Morgan fingerprint density at radius 2 is 2.00 bits per heavy atom. The number of carbonyl (C=O) groups is 3. The molecule has 1 atom stereocenters. The number of aliphatic hydroxyl groups excluding tert-OH is 1. The molecule has 0 saturated carbocycles. The van der Waals surface area contributed by atoms with Crippen LogP contribution < -0.4 is 20.3 Å². The fraction of sp³-hybridized carbons (Fsp3) is 0.348. The number of hydrogen-bond acceptors (Lipinski definition) is 5. The topological polar surface area (TPSA) is 108 Å². The van der Waals surface area contributed by atoms with E-state index in [9.17, 15) is 19.5 Å². The smallest absolute Gasteiger partial charge is 0.313 e. The molecule has 31 heavy (non-hydrogen) atoms. The van der Waals surface area contributed by atoms with Gasteiger partial charge in [0, 0.05) is 37.3 Å². The van der Waals surface area contributed by atoms with Crippen molar-refractivity contribution in [1.82, 2.24) is 5.32 Å². The minimum atomic E-state index is -0.935. The van der Waals surface area contributed by atoms with E-state index in [0.29, 0.717) is 30.8 Å². The van der Waals surface area contributed by atoms with Crippen LogP contribution in [-0.2, 0) is 20.8 Å². The third-order valence-electron chi connectivity index (χ3n) is 5.59. The maximum atomic E-state index is 12.3. The van der Waals surface area contributed by atoms with Crippen molar-refractivity contribution in [3.05, 3.63) is 53.1 Å². The third kappa shape index (κ3) is 4.54. The lowest BCUT2D eigenvalue weighted by molar-refractivity contribution is -0.136. The Balaban J connectivity index is 1.34. The molecule has 1 saturated heterocycles. The number of benzene rings is 2. The molecule has 2 aromatic rings. The van der Waals surface area contributed by atoms with Gasteiger partial charge in [0.25, 0.3) is 0 Å². The van der Waals surface area contributed by atoms with E-state index in [1.807, 2.05) is 13.0 Å². The number of rotatable bonds is 5. The van der Waals surface area contributed by atoms with Gasteiger partial charge in [-0.15, -0.1) is 0 Å². The van der Waals surface area contributed by atoms with Gasteiger partial charge in [-0.25, -0.2) is 0 Å². The van der Waals surface area contributed by atoms with Crippen molar-refractivity contribution >= 4 is 29.1 Å². The van der Waals surface area contributed by atoms with Crippen LogP contribution >= 0.6 is 0 Å². The summed E-state index contributed by atoms with van der Waals surface area (Å²) in [5.41, 5.74) is 3.76. The van der Waals surface area contributed by atoms with Gasteiger partial charge in [0.05, 0.1) is 12.7 Å². The van der Waals surface area contributed by atoms with Crippen LogP contribution in [0.25, 0.3) is 0 Å². The molecular weight excluding hydrogens is 398 g/mol. The van der Waals surface area contributed by atoms with Gasteiger partial charge in [-0.2, -0.15) is 0 Å². The monoisotopic (exact) mass is 423 g/mol. The normalized spacial score (nSPS) is 15.9. The van der Waals surface area contributed by atoms with Crippen LogP contribution in [0.2, 0.25) is 0 Å². The summed E-state index contributed by atoms with van der Waals surface area (Å²) in [7, 11) is 0. The van der Waals surface area contributed by atoms with E-state index in [-0.39, 0.29) is 12.5 Å². The predicted octanol–water partition coefficient (Wildman–Crippen LogP) is 1.85. The van der Waals surface area contributed by atoms with Gasteiger partial charge in [-0.05, 0) is 54.3 Å². The van der Waals surface area contributed by atoms with Crippen molar-refractivity contribution < 1.29 is 24.2 Å². The molecule has 0 radical (unpaired) electrons. The lowest BCUT2D eigenvalue weighted by Crippen LogP contribution is -2.37. The summed E-state index contributed by atoms with van der Waals surface area (Å²) in [6, 6.07) is 10.6.